The monoisotopic (exact) mass is 209 g/mol. The first-order chi connectivity index (χ1) is 7.27. The molecule has 1 unspecified atom stereocenters. The van der Waals surface area contributed by atoms with E-state index in [1.807, 2.05) is 19.2 Å². The molecule has 2 heteroatoms. The van der Waals surface area contributed by atoms with E-state index in [1.165, 1.54) is 24.8 Å². The van der Waals surface area contributed by atoms with Gasteiger partial charge >= 0.3 is 0 Å². The lowest BCUT2D eigenvalue weighted by Crippen LogP contribution is -2.17. The van der Waals surface area contributed by atoms with Crippen LogP contribution in [0, 0.1) is 5.82 Å². The van der Waals surface area contributed by atoms with Crippen molar-refractivity contribution in [3.8, 4) is 0 Å². The number of hydrogen-bond donors (Lipinski definition) is 1. The molecular formula is C13H20FN. The highest BCUT2D eigenvalue weighted by atomic mass is 19.1. The Bertz CT molecular complexity index is 268. The van der Waals surface area contributed by atoms with Crippen molar-refractivity contribution in [1.29, 1.82) is 0 Å². The van der Waals surface area contributed by atoms with Gasteiger partial charge in [-0.25, -0.2) is 4.39 Å². The molecule has 84 valence electrons. The Kier molecular flexibility index (Phi) is 5.33. The minimum absolute atomic E-state index is 0.155. The third-order valence-electron chi connectivity index (χ3n) is 2.70. The van der Waals surface area contributed by atoms with Gasteiger partial charge < -0.3 is 5.32 Å². The van der Waals surface area contributed by atoms with Crippen LogP contribution in [0.5, 0.6) is 0 Å². The fraction of sp³-hybridized carbons (Fsp3) is 0.538. The molecule has 0 amide bonds. The molecule has 0 fully saturated rings. The van der Waals surface area contributed by atoms with Gasteiger partial charge in [-0.2, -0.15) is 0 Å². The Morgan fingerprint density at radius 2 is 1.93 bits per heavy atom. The van der Waals surface area contributed by atoms with Crippen LogP contribution in [0.15, 0.2) is 24.3 Å². The molecule has 0 radical (unpaired) electrons. The zero-order chi connectivity index (χ0) is 11.1. The molecule has 0 aliphatic heterocycles. The molecule has 0 bridgehead atoms. The van der Waals surface area contributed by atoms with Gasteiger partial charge in [0.15, 0.2) is 0 Å². The van der Waals surface area contributed by atoms with Gasteiger partial charge in [0.2, 0.25) is 0 Å². The molecule has 1 aromatic carbocycles. The maximum atomic E-state index is 12.8. The van der Waals surface area contributed by atoms with Gasteiger partial charge in [0.25, 0.3) is 0 Å². The highest BCUT2D eigenvalue weighted by Gasteiger charge is 2.09. The molecule has 15 heavy (non-hydrogen) atoms. The summed E-state index contributed by atoms with van der Waals surface area (Å²) in [6, 6.07) is 6.88. The lowest BCUT2D eigenvalue weighted by molar-refractivity contribution is 0.553. The normalized spacial score (nSPS) is 12.7. The number of halogens is 1. The van der Waals surface area contributed by atoms with Crippen LogP contribution < -0.4 is 5.32 Å². The zero-order valence-electron chi connectivity index (χ0n) is 9.59. The maximum Gasteiger partial charge on any atom is 0.123 e. The summed E-state index contributed by atoms with van der Waals surface area (Å²) in [4.78, 5) is 0. The Morgan fingerprint density at radius 1 is 1.27 bits per heavy atom. The number of unbranched alkanes of at least 4 members (excludes halogenated alkanes) is 1. The molecule has 0 aromatic heterocycles. The number of likely N-dealkylation sites (N-methyl/N-ethyl adjacent to an activating group) is 1. The lowest BCUT2D eigenvalue weighted by atomic mass is 9.93. The summed E-state index contributed by atoms with van der Waals surface area (Å²) in [6.07, 6.45) is 3.61. The molecule has 0 saturated carbocycles. The molecule has 0 heterocycles. The van der Waals surface area contributed by atoms with Crippen LogP contribution in [0.3, 0.4) is 0 Å². The highest BCUT2D eigenvalue weighted by Crippen LogP contribution is 2.21. The van der Waals surface area contributed by atoms with Crippen molar-refractivity contribution in [2.45, 2.75) is 32.1 Å². The van der Waals surface area contributed by atoms with E-state index in [0.29, 0.717) is 5.92 Å². The van der Waals surface area contributed by atoms with Crippen LogP contribution in [-0.4, -0.2) is 13.6 Å². The molecule has 0 aliphatic carbocycles. The Labute approximate surface area is 91.7 Å². The Morgan fingerprint density at radius 3 is 2.47 bits per heavy atom. The van der Waals surface area contributed by atoms with Crippen molar-refractivity contribution in [2.75, 3.05) is 13.6 Å². The van der Waals surface area contributed by atoms with Gasteiger partial charge in [0, 0.05) is 6.54 Å². The number of benzene rings is 1. The minimum Gasteiger partial charge on any atom is -0.319 e. The lowest BCUT2D eigenvalue weighted by Gasteiger charge is -2.16. The van der Waals surface area contributed by atoms with Crippen molar-refractivity contribution in [2.24, 2.45) is 0 Å². The van der Waals surface area contributed by atoms with Crippen LogP contribution in [0.2, 0.25) is 0 Å². The molecule has 1 N–H and O–H groups in total. The minimum atomic E-state index is -0.155. The van der Waals surface area contributed by atoms with Gasteiger partial charge in [-0.15, -0.1) is 0 Å². The fourth-order valence-corrected chi connectivity index (χ4v) is 1.82. The van der Waals surface area contributed by atoms with E-state index in [9.17, 15) is 4.39 Å². The molecule has 1 nitrogen and oxygen atoms in total. The summed E-state index contributed by atoms with van der Waals surface area (Å²) in [5.41, 5.74) is 1.24. The second kappa shape index (κ2) is 6.57. The van der Waals surface area contributed by atoms with E-state index in [4.69, 9.17) is 0 Å². The van der Waals surface area contributed by atoms with Crippen LogP contribution >= 0.6 is 0 Å². The molecular weight excluding hydrogens is 189 g/mol. The topological polar surface area (TPSA) is 12.0 Å². The third-order valence-corrected chi connectivity index (χ3v) is 2.70. The van der Waals surface area contributed by atoms with E-state index >= 15 is 0 Å². The van der Waals surface area contributed by atoms with Crippen molar-refractivity contribution in [1.82, 2.24) is 5.32 Å². The SMILES string of the molecule is CCCCC(CNC)c1ccc(F)cc1. The molecule has 1 atom stereocenters. The first kappa shape index (κ1) is 12.2. The van der Waals surface area contributed by atoms with Gasteiger partial charge in [-0.3, -0.25) is 0 Å². The van der Waals surface area contributed by atoms with Crippen molar-refractivity contribution in [3.63, 3.8) is 0 Å². The maximum absolute atomic E-state index is 12.8. The highest BCUT2D eigenvalue weighted by molar-refractivity contribution is 5.20. The summed E-state index contributed by atoms with van der Waals surface area (Å²) < 4.78 is 12.8. The number of nitrogens with one attached hydrogen (secondary N) is 1. The summed E-state index contributed by atoms with van der Waals surface area (Å²) in [5.74, 6) is 0.355. The summed E-state index contributed by atoms with van der Waals surface area (Å²) in [7, 11) is 1.96. The van der Waals surface area contributed by atoms with Crippen LogP contribution in [0.4, 0.5) is 4.39 Å². The predicted octanol–water partition coefficient (Wildman–Crippen LogP) is 3.32. The molecule has 0 aliphatic rings. The van der Waals surface area contributed by atoms with Gasteiger partial charge in [-0.1, -0.05) is 31.9 Å². The van der Waals surface area contributed by atoms with Gasteiger partial charge in [0.1, 0.15) is 5.82 Å². The van der Waals surface area contributed by atoms with Crippen molar-refractivity contribution >= 4 is 0 Å². The van der Waals surface area contributed by atoms with E-state index in [-0.39, 0.29) is 5.82 Å². The predicted molar refractivity (Wildman–Crippen MR) is 62.6 cm³/mol. The third kappa shape index (κ3) is 4.00. The quantitative estimate of drug-likeness (QED) is 0.758. The van der Waals surface area contributed by atoms with E-state index in [0.717, 1.165) is 6.54 Å². The van der Waals surface area contributed by atoms with Crippen LogP contribution in [-0.2, 0) is 0 Å². The van der Waals surface area contributed by atoms with E-state index in [1.54, 1.807) is 12.1 Å². The second-order valence-electron chi connectivity index (χ2n) is 3.95. The van der Waals surface area contributed by atoms with Crippen molar-refractivity contribution < 1.29 is 4.39 Å². The van der Waals surface area contributed by atoms with E-state index in [2.05, 4.69) is 12.2 Å². The molecule has 1 aromatic rings. The number of hydrogen-bond acceptors (Lipinski definition) is 1. The fourth-order valence-electron chi connectivity index (χ4n) is 1.82. The first-order valence-electron chi connectivity index (χ1n) is 5.68. The largest absolute Gasteiger partial charge is 0.319 e. The Hall–Kier alpha value is -0.890. The second-order valence-corrected chi connectivity index (χ2v) is 3.95. The van der Waals surface area contributed by atoms with Crippen molar-refractivity contribution in [3.05, 3.63) is 35.6 Å². The van der Waals surface area contributed by atoms with Crippen LogP contribution in [0.1, 0.15) is 37.7 Å². The summed E-state index contributed by atoms with van der Waals surface area (Å²) in [5, 5.41) is 3.20. The average molecular weight is 209 g/mol. The van der Waals surface area contributed by atoms with E-state index < -0.39 is 0 Å². The molecule has 0 spiro atoms. The summed E-state index contributed by atoms with van der Waals surface area (Å²) in [6.45, 7) is 3.16. The standard InChI is InChI=1S/C13H20FN/c1-3-4-5-12(10-15-2)11-6-8-13(14)9-7-11/h6-9,12,15H,3-5,10H2,1-2H3. The first-order valence-corrected chi connectivity index (χ1v) is 5.68. The van der Waals surface area contributed by atoms with Gasteiger partial charge in [-0.05, 0) is 37.1 Å². The average Bonchev–Trinajstić information content (AvgIpc) is 2.25. The molecule has 0 saturated heterocycles. The molecule has 1 rings (SSSR count). The Balaban J connectivity index is 2.65. The zero-order valence-corrected chi connectivity index (χ0v) is 9.59. The van der Waals surface area contributed by atoms with Gasteiger partial charge in [0.05, 0.1) is 0 Å². The number of rotatable bonds is 6. The smallest absolute Gasteiger partial charge is 0.123 e. The van der Waals surface area contributed by atoms with Crippen LogP contribution in [0.25, 0.3) is 0 Å². The summed E-state index contributed by atoms with van der Waals surface area (Å²) >= 11 is 0.